The van der Waals surface area contributed by atoms with Gasteiger partial charge in [0.1, 0.15) is 0 Å². The van der Waals surface area contributed by atoms with Crippen LogP contribution in [0.4, 0.5) is 5.69 Å². The van der Waals surface area contributed by atoms with E-state index in [-0.39, 0.29) is 18.2 Å². The third-order valence-electron chi connectivity index (χ3n) is 3.34. The summed E-state index contributed by atoms with van der Waals surface area (Å²) in [6.45, 7) is 3.51. The van der Waals surface area contributed by atoms with Crippen LogP contribution in [0.25, 0.3) is 0 Å². The molecule has 0 saturated heterocycles. The Bertz CT molecular complexity index is 773. The smallest absolute Gasteiger partial charge is 0.271 e. The predicted octanol–water partition coefficient (Wildman–Crippen LogP) is 3.78. The maximum absolute atomic E-state index is 12.1. The zero-order chi connectivity index (χ0) is 17.5. The minimum absolute atomic E-state index is 0.0705. The van der Waals surface area contributed by atoms with Gasteiger partial charge in [-0.3, -0.25) is 9.59 Å². The second-order valence-corrected chi connectivity index (χ2v) is 5.70. The van der Waals surface area contributed by atoms with Crippen molar-refractivity contribution in [1.82, 2.24) is 5.43 Å². The monoisotopic (exact) mass is 343 g/mol. The second kappa shape index (κ2) is 8.26. The Morgan fingerprint density at radius 3 is 2.50 bits per heavy atom. The lowest BCUT2D eigenvalue weighted by Crippen LogP contribution is -2.21. The van der Waals surface area contributed by atoms with Gasteiger partial charge < -0.3 is 5.32 Å². The van der Waals surface area contributed by atoms with Gasteiger partial charge in [0.15, 0.2) is 0 Å². The number of nitrogens with one attached hydrogen (secondary N) is 2. The Morgan fingerprint density at radius 2 is 1.79 bits per heavy atom. The molecule has 0 aliphatic carbocycles. The molecule has 0 aliphatic heterocycles. The fraction of sp³-hybridized carbons (Fsp3) is 0.167. The Kier molecular flexibility index (Phi) is 6.09. The number of carbonyl (C=O) groups is 2. The molecule has 0 bridgehead atoms. The fourth-order valence-corrected chi connectivity index (χ4v) is 2.18. The van der Waals surface area contributed by atoms with Crippen LogP contribution in [0.1, 0.15) is 29.3 Å². The summed E-state index contributed by atoms with van der Waals surface area (Å²) in [6, 6.07) is 14.1. The zero-order valence-corrected chi connectivity index (χ0v) is 14.2. The Hall–Kier alpha value is -2.66. The number of hydrogen-bond donors (Lipinski definition) is 2. The average Bonchev–Trinajstić information content (AvgIpc) is 2.57. The van der Waals surface area contributed by atoms with Crippen molar-refractivity contribution in [3.63, 3.8) is 0 Å². The number of hydrazone groups is 1. The van der Waals surface area contributed by atoms with Gasteiger partial charge in [0.05, 0.1) is 6.42 Å². The Morgan fingerprint density at radius 1 is 1.08 bits per heavy atom. The van der Waals surface area contributed by atoms with Crippen LogP contribution >= 0.6 is 11.6 Å². The van der Waals surface area contributed by atoms with E-state index in [1.54, 1.807) is 49.4 Å². The van der Waals surface area contributed by atoms with Crippen LogP contribution in [-0.4, -0.2) is 17.5 Å². The van der Waals surface area contributed by atoms with Crippen molar-refractivity contribution in [2.75, 3.05) is 5.32 Å². The van der Waals surface area contributed by atoms with Gasteiger partial charge in [-0.15, -0.1) is 0 Å². The van der Waals surface area contributed by atoms with Crippen molar-refractivity contribution in [1.29, 1.82) is 0 Å². The molecule has 0 atom stereocenters. The third kappa shape index (κ3) is 4.93. The molecule has 0 aliphatic rings. The standard InChI is InChI=1S/C18H18ClN3O2/c1-12(21-22-18(24)14-7-4-3-5-8-14)11-17(23)20-16-10-6-9-15(19)13(16)2/h3-10H,11H2,1-2H3,(H,20,23)(H,22,24)/b21-12-. The van der Waals surface area contributed by atoms with E-state index in [0.29, 0.717) is 22.0 Å². The first-order valence-electron chi connectivity index (χ1n) is 7.41. The van der Waals surface area contributed by atoms with Gasteiger partial charge in [-0.2, -0.15) is 5.10 Å². The van der Waals surface area contributed by atoms with E-state index in [2.05, 4.69) is 15.8 Å². The van der Waals surface area contributed by atoms with Crippen LogP contribution < -0.4 is 10.7 Å². The summed E-state index contributed by atoms with van der Waals surface area (Å²) in [5, 5.41) is 7.33. The molecule has 2 rings (SSSR count). The molecule has 0 fully saturated rings. The molecule has 6 heteroatoms. The highest BCUT2D eigenvalue weighted by molar-refractivity contribution is 6.31. The molecule has 24 heavy (non-hydrogen) atoms. The first kappa shape index (κ1) is 17.7. The fourth-order valence-electron chi connectivity index (χ4n) is 2.01. The van der Waals surface area contributed by atoms with Crippen LogP contribution in [0, 0.1) is 6.92 Å². The SMILES string of the molecule is C/C(CC(=O)Nc1cccc(Cl)c1C)=N/NC(=O)c1ccccc1. The van der Waals surface area contributed by atoms with Gasteiger partial charge >= 0.3 is 0 Å². The van der Waals surface area contributed by atoms with E-state index in [0.717, 1.165) is 5.56 Å². The lowest BCUT2D eigenvalue weighted by Gasteiger charge is -2.09. The van der Waals surface area contributed by atoms with Crippen LogP contribution in [-0.2, 0) is 4.79 Å². The lowest BCUT2D eigenvalue weighted by atomic mass is 10.2. The van der Waals surface area contributed by atoms with E-state index in [4.69, 9.17) is 11.6 Å². The largest absolute Gasteiger partial charge is 0.325 e. The number of carbonyl (C=O) groups excluding carboxylic acids is 2. The molecule has 2 amide bonds. The van der Waals surface area contributed by atoms with Gasteiger partial charge in [-0.1, -0.05) is 35.9 Å². The number of halogens is 1. The summed E-state index contributed by atoms with van der Waals surface area (Å²) in [5.41, 5.74) is 4.91. The Balaban J connectivity index is 1.91. The quantitative estimate of drug-likeness (QED) is 0.640. The summed E-state index contributed by atoms with van der Waals surface area (Å²) in [7, 11) is 0. The molecule has 0 spiro atoms. The topological polar surface area (TPSA) is 70.6 Å². The van der Waals surface area contributed by atoms with E-state index in [9.17, 15) is 9.59 Å². The minimum atomic E-state index is -0.318. The number of anilines is 1. The second-order valence-electron chi connectivity index (χ2n) is 5.29. The molecular formula is C18H18ClN3O2. The van der Waals surface area contributed by atoms with Crippen molar-refractivity contribution < 1.29 is 9.59 Å². The van der Waals surface area contributed by atoms with Gasteiger partial charge in [0.25, 0.3) is 5.91 Å². The maximum Gasteiger partial charge on any atom is 0.271 e. The van der Waals surface area contributed by atoms with Gasteiger partial charge in [0, 0.05) is 22.0 Å². The zero-order valence-electron chi connectivity index (χ0n) is 13.5. The van der Waals surface area contributed by atoms with Crippen LogP contribution in [0.3, 0.4) is 0 Å². The molecular weight excluding hydrogens is 326 g/mol. The molecule has 2 aromatic rings. The number of hydrogen-bond acceptors (Lipinski definition) is 3. The molecule has 5 nitrogen and oxygen atoms in total. The summed E-state index contributed by atoms with van der Waals surface area (Å²) < 4.78 is 0. The molecule has 2 N–H and O–H groups in total. The highest BCUT2D eigenvalue weighted by Gasteiger charge is 2.09. The highest BCUT2D eigenvalue weighted by atomic mass is 35.5. The number of nitrogens with zero attached hydrogens (tertiary/aromatic N) is 1. The number of amides is 2. The molecule has 2 aromatic carbocycles. The molecule has 0 heterocycles. The third-order valence-corrected chi connectivity index (χ3v) is 3.75. The minimum Gasteiger partial charge on any atom is -0.325 e. The van der Waals surface area contributed by atoms with Gasteiger partial charge in [-0.25, -0.2) is 5.43 Å². The molecule has 124 valence electrons. The molecule has 0 unspecified atom stereocenters. The van der Waals surface area contributed by atoms with Crippen molar-refractivity contribution in [3.05, 3.63) is 64.7 Å². The van der Waals surface area contributed by atoms with Crippen LogP contribution in [0.15, 0.2) is 53.6 Å². The van der Waals surface area contributed by atoms with Crippen molar-refractivity contribution in [3.8, 4) is 0 Å². The van der Waals surface area contributed by atoms with Crippen molar-refractivity contribution in [2.24, 2.45) is 5.10 Å². The van der Waals surface area contributed by atoms with Crippen LogP contribution in [0.2, 0.25) is 5.02 Å². The van der Waals surface area contributed by atoms with Crippen molar-refractivity contribution in [2.45, 2.75) is 20.3 Å². The van der Waals surface area contributed by atoms with Crippen molar-refractivity contribution >= 4 is 34.8 Å². The highest BCUT2D eigenvalue weighted by Crippen LogP contribution is 2.22. The summed E-state index contributed by atoms with van der Waals surface area (Å²) >= 11 is 6.02. The van der Waals surface area contributed by atoms with E-state index < -0.39 is 0 Å². The summed E-state index contributed by atoms with van der Waals surface area (Å²) in [5.74, 6) is -0.545. The van der Waals surface area contributed by atoms with E-state index in [1.165, 1.54) is 0 Å². The van der Waals surface area contributed by atoms with E-state index >= 15 is 0 Å². The molecule has 0 saturated carbocycles. The average molecular weight is 344 g/mol. The lowest BCUT2D eigenvalue weighted by molar-refractivity contribution is -0.115. The molecule has 0 radical (unpaired) electrons. The van der Waals surface area contributed by atoms with E-state index in [1.807, 2.05) is 13.0 Å². The first-order chi connectivity index (χ1) is 11.5. The first-order valence-corrected chi connectivity index (χ1v) is 7.78. The van der Waals surface area contributed by atoms with Gasteiger partial charge in [0.2, 0.25) is 5.91 Å². The normalized spacial score (nSPS) is 11.0. The van der Waals surface area contributed by atoms with Crippen LogP contribution in [0.5, 0.6) is 0 Å². The number of benzene rings is 2. The maximum atomic E-state index is 12.1. The van der Waals surface area contributed by atoms with Gasteiger partial charge in [-0.05, 0) is 43.7 Å². The molecule has 0 aromatic heterocycles. The summed E-state index contributed by atoms with van der Waals surface area (Å²) in [6.07, 6.45) is 0.0705. The summed E-state index contributed by atoms with van der Waals surface area (Å²) in [4.78, 5) is 23.9. The Labute approximate surface area is 145 Å². The predicted molar refractivity (Wildman–Crippen MR) is 96.5 cm³/mol. The number of rotatable bonds is 5.